The lowest BCUT2D eigenvalue weighted by Crippen LogP contribution is -2.43. The molecule has 2 rings (SSSR count). The van der Waals surface area contributed by atoms with Gasteiger partial charge in [0.1, 0.15) is 11.6 Å². The Bertz CT molecular complexity index is 610. The number of hydrogen-bond acceptors (Lipinski definition) is 4. The molecule has 2 unspecified atom stereocenters. The normalized spacial score (nSPS) is 22.9. The van der Waals surface area contributed by atoms with E-state index < -0.39 is 27.5 Å². The number of nitrogens with two attached hydrogens (primary N) is 1. The lowest BCUT2D eigenvalue weighted by Gasteiger charge is -2.22. The summed E-state index contributed by atoms with van der Waals surface area (Å²) in [4.78, 5) is 0. The zero-order valence-corrected chi connectivity index (χ0v) is 13.0. The molecule has 8 heteroatoms. The third kappa shape index (κ3) is 3.36. The van der Waals surface area contributed by atoms with Crippen LogP contribution in [0.5, 0.6) is 0 Å². The highest BCUT2D eigenvalue weighted by Gasteiger charge is 2.34. The summed E-state index contributed by atoms with van der Waals surface area (Å²) < 4.78 is 50.8. The first-order chi connectivity index (χ1) is 9.34. The van der Waals surface area contributed by atoms with Crippen molar-refractivity contribution < 1.29 is 17.2 Å². The SMILES string of the molecule is NNC(Cc1c(F)ccc(Br)c1F)C1CCS(=O)(=O)C1. The second kappa shape index (κ2) is 6.05. The number of sulfone groups is 1. The van der Waals surface area contributed by atoms with E-state index in [0.29, 0.717) is 6.42 Å². The number of halogens is 3. The molecule has 1 aromatic carbocycles. The first-order valence-electron chi connectivity index (χ1n) is 6.13. The van der Waals surface area contributed by atoms with E-state index in [1.807, 2.05) is 0 Å². The van der Waals surface area contributed by atoms with Crippen LogP contribution in [0.1, 0.15) is 12.0 Å². The van der Waals surface area contributed by atoms with Gasteiger partial charge in [-0.2, -0.15) is 0 Å². The molecule has 0 aliphatic carbocycles. The molecule has 3 N–H and O–H groups in total. The van der Waals surface area contributed by atoms with Gasteiger partial charge in [-0.05, 0) is 46.8 Å². The Balaban J connectivity index is 2.21. The number of rotatable bonds is 4. The quantitative estimate of drug-likeness (QED) is 0.480. The van der Waals surface area contributed by atoms with Crippen molar-refractivity contribution in [2.75, 3.05) is 11.5 Å². The van der Waals surface area contributed by atoms with E-state index in [1.54, 1.807) is 0 Å². The minimum absolute atomic E-state index is 0.000885. The van der Waals surface area contributed by atoms with E-state index in [0.717, 1.165) is 0 Å². The molecule has 0 amide bonds. The first kappa shape index (κ1) is 15.8. The molecule has 20 heavy (non-hydrogen) atoms. The third-order valence-corrected chi connectivity index (χ3v) is 6.02. The van der Waals surface area contributed by atoms with E-state index in [-0.39, 0.29) is 33.9 Å². The van der Waals surface area contributed by atoms with Crippen molar-refractivity contribution in [3.63, 3.8) is 0 Å². The van der Waals surface area contributed by atoms with E-state index in [2.05, 4.69) is 21.4 Å². The Kier molecular flexibility index (Phi) is 4.78. The molecular formula is C12H15BrF2N2O2S. The fraction of sp³-hybridized carbons (Fsp3) is 0.500. The van der Waals surface area contributed by atoms with Crippen molar-refractivity contribution in [1.29, 1.82) is 0 Å². The van der Waals surface area contributed by atoms with Crippen LogP contribution in [0.3, 0.4) is 0 Å². The maximum atomic E-state index is 13.9. The molecule has 1 fully saturated rings. The molecule has 4 nitrogen and oxygen atoms in total. The molecule has 1 heterocycles. The summed E-state index contributed by atoms with van der Waals surface area (Å²) in [6.45, 7) is 0. The molecule has 0 bridgehead atoms. The maximum absolute atomic E-state index is 13.9. The monoisotopic (exact) mass is 368 g/mol. The van der Waals surface area contributed by atoms with Gasteiger partial charge in [0.15, 0.2) is 9.84 Å². The molecule has 1 saturated heterocycles. The van der Waals surface area contributed by atoms with Crippen LogP contribution in [0.15, 0.2) is 16.6 Å². The smallest absolute Gasteiger partial charge is 0.150 e. The zero-order valence-electron chi connectivity index (χ0n) is 10.6. The van der Waals surface area contributed by atoms with Crippen molar-refractivity contribution >= 4 is 25.8 Å². The van der Waals surface area contributed by atoms with E-state index in [1.165, 1.54) is 12.1 Å². The molecule has 1 aliphatic rings. The van der Waals surface area contributed by atoms with Crippen LogP contribution in [0, 0.1) is 17.6 Å². The van der Waals surface area contributed by atoms with E-state index in [9.17, 15) is 17.2 Å². The third-order valence-electron chi connectivity index (χ3n) is 3.61. The molecule has 112 valence electrons. The van der Waals surface area contributed by atoms with Gasteiger partial charge in [0, 0.05) is 11.6 Å². The van der Waals surface area contributed by atoms with Crippen molar-refractivity contribution in [3.05, 3.63) is 33.8 Å². The van der Waals surface area contributed by atoms with Crippen LogP contribution in [0.25, 0.3) is 0 Å². The summed E-state index contributed by atoms with van der Waals surface area (Å²) in [5.41, 5.74) is 2.40. The largest absolute Gasteiger partial charge is 0.271 e. The summed E-state index contributed by atoms with van der Waals surface area (Å²) in [6.07, 6.45) is 0.461. The minimum atomic E-state index is -3.06. The molecule has 0 radical (unpaired) electrons. The highest BCUT2D eigenvalue weighted by Crippen LogP contribution is 2.27. The van der Waals surface area contributed by atoms with Crippen molar-refractivity contribution in [2.45, 2.75) is 18.9 Å². The van der Waals surface area contributed by atoms with Crippen LogP contribution in [0.2, 0.25) is 0 Å². The lowest BCUT2D eigenvalue weighted by molar-refractivity contribution is 0.375. The van der Waals surface area contributed by atoms with Crippen molar-refractivity contribution in [1.82, 2.24) is 5.43 Å². The Hall–Kier alpha value is -0.570. The summed E-state index contributed by atoms with van der Waals surface area (Å²) in [6, 6.07) is 1.98. The summed E-state index contributed by atoms with van der Waals surface area (Å²) in [7, 11) is -3.06. The molecule has 0 saturated carbocycles. The van der Waals surface area contributed by atoms with Gasteiger partial charge in [0.2, 0.25) is 0 Å². The molecule has 0 aromatic heterocycles. The Labute approximate surface area is 124 Å². The Morgan fingerprint density at radius 1 is 1.45 bits per heavy atom. The Morgan fingerprint density at radius 3 is 2.70 bits per heavy atom. The molecule has 1 aliphatic heterocycles. The first-order valence-corrected chi connectivity index (χ1v) is 8.74. The number of hydrogen-bond donors (Lipinski definition) is 2. The number of benzene rings is 1. The van der Waals surface area contributed by atoms with Crippen molar-refractivity contribution in [3.8, 4) is 0 Å². The summed E-state index contributed by atoms with van der Waals surface area (Å²) in [5.74, 6) is 3.95. The van der Waals surface area contributed by atoms with Crippen LogP contribution >= 0.6 is 15.9 Å². The zero-order chi connectivity index (χ0) is 14.9. The molecule has 2 atom stereocenters. The van der Waals surface area contributed by atoms with Crippen LogP contribution in [0.4, 0.5) is 8.78 Å². The van der Waals surface area contributed by atoms with Gasteiger partial charge in [0.25, 0.3) is 0 Å². The predicted molar refractivity (Wildman–Crippen MR) is 75.6 cm³/mol. The fourth-order valence-corrected chi connectivity index (χ4v) is 4.73. The highest BCUT2D eigenvalue weighted by molar-refractivity contribution is 9.10. The fourth-order valence-electron chi connectivity index (χ4n) is 2.48. The van der Waals surface area contributed by atoms with Crippen LogP contribution in [-0.4, -0.2) is 26.0 Å². The highest BCUT2D eigenvalue weighted by atomic mass is 79.9. The topological polar surface area (TPSA) is 72.2 Å². The predicted octanol–water partition coefficient (Wildman–Crippen LogP) is 1.54. The molecule has 0 spiro atoms. The van der Waals surface area contributed by atoms with Gasteiger partial charge in [-0.3, -0.25) is 11.3 Å². The summed E-state index contributed by atoms with van der Waals surface area (Å²) in [5, 5.41) is 0. The second-order valence-corrected chi connectivity index (χ2v) is 8.05. The van der Waals surface area contributed by atoms with Gasteiger partial charge in [-0.25, -0.2) is 17.2 Å². The molecular weight excluding hydrogens is 354 g/mol. The minimum Gasteiger partial charge on any atom is -0.271 e. The van der Waals surface area contributed by atoms with E-state index in [4.69, 9.17) is 5.84 Å². The number of nitrogens with one attached hydrogen (secondary N) is 1. The molecule has 1 aromatic rings. The van der Waals surface area contributed by atoms with Crippen molar-refractivity contribution in [2.24, 2.45) is 11.8 Å². The lowest BCUT2D eigenvalue weighted by atomic mass is 9.93. The van der Waals surface area contributed by atoms with Crippen LogP contribution in [-0.2, 0) is 16.3 Å². The maximum Gasteiger partial charge on any atom is 0.150 e. The average Bonchev–Trinajstić information content (AvgIpc) is 2.75. The van der Waals surface area contributed by atoms with Gasteiger partial charge in [-0.1, -0.05) is 0 Å². The van der Waals surface area contributed by atoms with Gasteiger partial charge in [-0.15, -0.1) is 0 Å². The Morgan fingerprint density at radius 2 is 2.15 bits per heavy atom. The average molecular weight is 369 g/mol. The van der Waals surface area contributed by atoms with E-state index >= 15 is 0 Å². The number of hydrazine groups is 1. The van der Waals surface area contributed by atoms with Gasteiger partial charge >= 0.3 is 0 Å². The van der Waals surface area contributed by atoms with Gasteiger partial charge in [0.05, 0.1) is 16.0 Å². The van der Waals surface area contributed by atoms with Crippen LogP contribution < -0.4 is 11.3 Å². The summed E-state index contributed by atoms with van der Waals surface area (Å²) >= 11 is 3.00. The van der Waals surface area contributed by atoms with Gasteiger partial charge < -0.3 is 0 Å². The second-order valence-electron chi connectivity index (χ2n) is 4.96. The standard InChI is InChI=1S/C12H15BrF2N2O2S/c13-9-1-2-10(14)8(12(9)15)5-11(17-16)7-3-4-20(18,19)6-7/h1-2,7,11,17H,3-6,16H2.